The summed E-state index contributed by atoms with van der Waals surface area (Å²) in [7, 11) is 0. The van der Waals surface area contributed by atoms with Crippen LogP contribution in [0.25, 0.3) is 60.7 Å². The van der Waals surface area contributed by atoms with Crippen LogP contribution >= 0.6 is 0 Å². The number of pyridine rings is 3. The molecule has 4 aromatic heterocycles. The van der Waals surface area contributed by atoms with Gasteiger partial charge in [-0.05, 0) is 75.5 Å². The highest BCUT2D eigenvalue weighted by Gasteiger charge is 2.30. The molecule has 4 nitrogen and oxygen atoms in total. The second-order valence-corrected chi connectivity index (χ2v) is 9.67. The Kier molecular flexibility index (Phi) is 3.11. The number of benzene rings is 3. The molecule has 4 heteroatoms. The minimum absolute atomic E-state index is 0.910. The number of aromatic nitrogens is 4. The van der Waals surface area contributed by atoms with Gasteiger partial charge in [0.05, 0.1) is 28.3 Å². The van der Waals surface area contributed by atoms with E-state index in [-0.39, 0.29) is 0 Å². The molecule has 0 bridgehead atoms. The lowest BCUT2D eigenvalue weighted by atomic mass is 9.93. The molecule has 0 radical (unpaired) electrons. The maximum Gasteiger partial charge on any atom is 0.146 e. The maximum absolute atomic E-state index is 5.14. The predicted molar refractivity (Wildman–Crippen MR) is 140 cm³/mol. The highest BCUT2D eigenvalue weighted by Crippen LogP contribution is 2.51. The highest BCUT2D eigenvalue weighted by molar-refractivity contribution is 6.16. The van der Waals surface area contributed by atoms with Crippen molar-refractivity contribution in [2.24, 2.45) is 0 Å². The van der Waals surface area contributed by atoms with Crippen LogP contribution in [0, 0.1) is 0 Å². The van der Waals surface area contributed by atoms with Crippen molar-refractivity contribution >= 4 is 38.5 Å². The fourth-order valence-corrected chi connectivity index (χ4v) is 6.55. The van der Waals surface area contributed by atoms with Gasteiger partial charge in [-0.25, -0.2) is 4.98 Å². The topological polar surface area (TPSA) is 43.1 Å². The molecule has 0 saturated carbocycles. The van der Waals surface area contributed by atoms with Gasteiger partial charge in [0, 0.05) is 23.2 Å². The lowest BCUT2D eigenvalue weighted by Crippen LogP contribution is -1.96. The van der Waals surface area contributed by atoms with E-state index in [4.69, 9.17) is 9.97 Å². The summed E-state index contributed by atoms with van der Waals surface area (Å²) in [6, 6.07) is 24.3. The highest BCUT2D eigenvalue weighted by atomic mass is 15.0. The average molecular weight is 447 g/mol. The van der Waals surface area contributed by atoms with E-state index in [2.05, 4.69) is 64.0 Å². The van der Waals surface area contributed by atoms with Crippen LogP contribution < -0.4 is 0 Å². The molecule has 0 atom stereocenters. The summed E-state index contributed by atoms with van der Waals surface area (Å²) < 4.78 is 2.25. The first-order valence-corrected chi connectivity index (χ1v) is 12.0. The number of hydrogen-bond donors (Lipinski definition) is 0. The van der Waals surface area contributed by atoms with Crippen LogP contribution in [-0.4, -0.2) is 19.4 Å². The Morgan fingerprint density at radius 2 is 1.57 bits per heavy atom. The quantitative estimate of drug-likeness (QED) is 0.243. The Balaban J connectivity index is 1.47. The molecule has 4 heterocycles. The summed E-state index contributed by atoms with van der Waals surface area (Å²) >= 11 is 0. The van der Waals surface area contributed by atoms with Gasteiger partial charge < -0.3 is 0 Å². The summed E-state index contributed by atoms with van der Waals surface area (Å²) in [6.07, 6.45) is 7.54. The monoisotopic (exact) mass is 446 g/mol. The van der Waals surface area contributed by atoms with E-state index in [9.17, 15) is 0 Å². The largest absolute Gasteiger partial charge is 0.289 e. The number of rotatable bonds is 0. The van der Waals surface area contributed by atoms with Gasteiger partial charge in [0.1, 0.15) is 5.65 Å². The summed E-state index contributed by atoms with van der Waals surface area (Å²) in [5.74, 6) is 0. The van der Waals surface area contributed by atoms with E-state index in [0.29, 0.717) is 0 Å². The number of nitrogens with zero attached hydrogens (tertiary/aromatic N) is 4. The van der Waals surface area contributed by atoms with Crippen LogP contribution in [0.5, 0.6) is 0 Å². The predicted octanol–water partition coefficient (Wildman–Crippen LogP) is 6.73. The van der Waals surface area contributed by atoms with Crippen molar-refractivity contribution in [3.63, 3.8) is 0 Å². The molecule has 0 aliphatic heterocycles. The van der Waals surface area contributed by atoms with Gasteiger partial charge in [0.15, 0.2) is 0 Å². The lowest BCUT2D eigenvalue weighted by Gasteiger charge is -2.13. The molecule has 0 spiro atoms. The van der Waals surface area contributed by atoms with Crippen molar-refractivity contribution in [1.82, 2.24) is 19.4 Å². The Bertz CT molecular complexity index is 2070. The van der Waals surface area contributed by atoms with Gasteiger partial charge >= 0.3 is 0 Å². The van der Waals surface area contributed by atoms with Crippen molar-refractivity contribution in [2.45, 2.75) is 12.8 Å². The first-order chi connectivity index (χ1) is 17.4. The Labute approximate surface area is 200 Å². The second kappa shape index (κ2) is 6.10. The molecule has 7 aromatic rings. The molecule has 0 unspecified atom stereocenters. The van der Waals surface area contributed by atoms with Crippen molar-refractivity contribution in [3.8, 4) is 22.3 Å². The first kappa shape index (κ1) is 17.8. The minimum Gasteiger partial charge on any atom is -0.289 e. The normalized spacial score (nSPS) is 13.5. The third-order valence-corrected chi connectivity index (χ3v) is 7.96. The van der Waals surface area contributed by atoms with E-state index >= 15 is 0 Å². The van der Waals surface area contributed by atoms with Crippen LogP contribution in [0.3, 0.4) is 0 Å². The summed E-state index contributed by atoms with van der Waals surface area (Å²) in [6.45, 7) is 0. The van der Waals surface area contributed by atoms with Crippen LogP contribution in [0.1, 0.15) is 22.3 Å². The molecule has 2 aliphatic carbocycles. The second-order valence-electron chi connectivity index (χ2n) is 9.67. The third kappa shape index (κ3) is 2.11. The zero-order chi connectivity index (χ0) is 22.7. The van der Waals surface area contributed by atoms with Gasteiger partial charge in [-0.3, -0.25) is 14.4 Å². The van der Waals surface area contributed by atoms with Gasteiger partial charge in [-0.1, -0.05) is 48.5 Å². The van der Waals surface area contributed by atoms with Gasteiger partial charge in [0.25, 0.3) is 0 Å². The maximum atomic E-state index is 5.14. The summed E-state index contributed by atoms with van der Waals surface area (Å²) in [4.78, 5) is 14.4. The van der Waals surface area contributed by atoms with Crippen LogP contribution in [-0.2, 0) is 12.8 Å². The van der Waals surface area contributed by atoms with Crippen molar-refractivity contribution in [1.29, 1.82) is 0 Å². The van der Waals surface area contributed by atoms with Crippen molar-refractivity contribution in [2.75, 3.05) is 0 Å². The van der Waals surface area contributed by atoms with Gasteiger partial charge in [0.2, 0.25) is 0 Å². The smallest absolute Gasteiger partial charge is 0.146 e. The van der Waals surface area contributed by atoms with Crippen molar-refractivity contribution in [3.05, 3.63) is 108 Å². The zero-order valence-electron chi connectivity index (χ0n) is 18.8. The fourth-order valence-electron chi connectivity index (χ4n) is 6.55. The van der Waals surface area contributed by atoms with E-state index in [1.807, 2.05) is 30.7 Å². The van der Waals surface area contributed by atoms with Crippen LogP contribution in [0.4, 0.5) is 0 Å². The zero-order valence-corrected chi connectivity index (χ0v) is 18.8. The number of hydrogen-bond acceptors (Lipinski definition) is 3. The average Bonchev–Trinajstić information content (AvgIpc) is 3.59. The van der Waals surface area contributed by atoms with Crippen molar-refractivity contribution < 1.29 is 0 Å². The lowest BCUT2D eigenvalue weighted by molar-refractivity contribution is 1.23. The Hall–Kier alpha value is -4.57. The molecule has 3 aromatic carbocycles. The summed E-state index contributed by atoms with van der Waals surface area (Å²) in [5.41, 5.74) is 16.2. The van der Waals surface area contributed by atoms with E-state index in [1.165, 1.54) is 55.3 Å². The number of fused-ring (bicyclic) bond motifs is 16. The van der Waals surface area contributed by atoms with Gasteiger partial charge in [-0.15, -0.1) is 0 Å². The fraction of sp³-hybridized carbons (Fsp3) is 0.0645. The van der Waals surface area contributed by atoms with E-state index < -0.39 is 0 Å². The molecule has 35 heavy (non-hydrogen) atoms. The Morgan fingerprint density at radius 1 is 0.686 bits per heavy atom. The standard InChI is InChI=1S/C31H18N4/c1-2-5-20-17(4-1)14-18-7-8-19-15-23-21(28(19)27(18)20)9-10-22-29(23)31-34-24-11-13-32-16-26(24)35(31)25-6-3-12-33-30(22)25/h1-13,16H,14-15H2. The molecule has 9 rings (SSSR count). The van der Waals surface area contributed by atoms with Crippen LogP contribution in [0.2, 0.25) is 0 Å². The minimum atomic E-state index is 0.910. The molecule has 0 amide bonds. The molecule has 0 fully saturated rings. The molecule has 0 N–H and O–H groups in total. The molecular weight excluding hydrogens is 428 g/mol. The third-order valence-electron chi connectivity index (χ3n) is 7.96. The molecule has 162 valence electrons. The Morgan fingerprint density at radius 3 is 2.54 bits per heavy atom. The summed E-state index contributed by atoms with van der Waals surface area (Å²) in [5, 5.41) is 2.38. The number of imidazole rings is 1. The SMILES string of the molecule is c1ccc2c(c1)Cc1ccc3c(c1-2)-c1ccc2c4ncccc4n4c5cnccc5nc4c2c1C3. The molecule has 0 saturated heterocycles. The molecule has 2 aliphatic rings. The van der Waals surface area contributed by atoms with Gasteiger partial charge in [-0.2, -0.15) is 0 Å². The van der Waals surface area contributed by atoms with E-state index in [1.54, 1.807) is 0 Å². The van der Waals surface area contributed by atoms with E-state index in [0.717, 1.165) is 40.6 Å². The van der Waals surface area contributed by atoms with Crippen LogP contribution in [0.15, 0.2) is 85.3 Å². The molecular formula is C31H18N4. The first-order valence-electron chi connectivity index (χ1n) is 12.0.